The summed E-state index contributed by atoms with van der Waals surface area (Å²) in [6, 6.07) is 8.88. The van der Waals surface area contributed by atoms with E-state index >= 15 is 0 Å². The Morgan fingerprint density at radius 2 is 1.94 bits per heavy atom. The first-order chi connectivity index (χ1) is 8.16. The first-order valence-electron chi connectivity index (χ1n) is 4.88. The van der Waals surface area contributed by atoms with E-state index in [9.17, 15) is 9.18 Å². The lowest BCUT2D eigenvalue weighted by Gasteiger charge is -2.05. The van der Waals surface area contributed by atoms with E-state index in [1.165, 1.54) is 30.5 Å². The van der Waals surface area contributed by atoms with Crippen LogP contribution in [0.1, 0.15) is 10.5 Å². The lowest BCUT2D eigenvalue weighted by atomic mass is 10.3. The Bertz CT molecular complexity index is 542. The maximum atomic E-state index is 12.7. The molecule has 3 nitrogen and oxygen atoms in total. The summed E-state index contributed by atoms with van der Waals surface area (Å²) in [4.78, 5) is 16.2. The van der Waals surface area contributed by atoms with E-state index in [4.69, 9.17) is 0 Å². The molecule has 0 aliphatic carbocycles. The molecule has 0 atom stereocenters. The van der Waals surface area contributed by atoms with Crippen LogP contribution in [-0.2, 0) is 0 Å². The molecule has 2 rings (SSSR count). The van der Waals surface area contributed by atoms with Crippen LogP contribution in [0.5, 0.6) is 0 Å². The third kappa shape index (κ3) is 2.82. The second-order valence-electron chi connectivity index (χ2n) is 3.33. The molecule has 0 saturated heterocycles. The van der Waals surface area contributed by atoms with Crippen LogP contribution in [0, 0.1) is 5.82 Å². The largest absolute Gasteiger partial charge is 0.321 e. The standard InChI is InChI=1S/C12H9FN2OS/c13-8-3-5-9(6-4-8)15-12(16)11-10(17)2-1-7-14-11/h1-7,17H,(H,15,16). The van der Waals surface area contributed by atoms with E-state index in [2.05, 4.69) is 22.9 Å². The third-order valence-corrected chi connectivity index (χ3v) is 2.46. The minimum Gasteiger partial charge on any atom is -0.321 e. The van der Waals surface area contributed by atoms with Gasteiger partial charge in [-0.05, 0) is 36.4 Å². The number of amides is 1. The molecule has 2 aromatic rings. The molecule has 0 unspecified atom stereocenters. The predicted molar refractivity (Wildman–Crippen MR) is 65.8 cm³/mol. The zero-order valence-corrected chi connectivity index (χ0v) is 9.62. The number of halogens is 1. The fourth-order valence-electron chi connectivity index (χ4n) is 1.30. The lowest BCUT2D eigenvalue weighted by molar-refractivity contribution is 0.101. The summed E-state index contributed by atoms with van der Waals surface area (Å²) < 4.78 is 12.7. The van der Waals surface area contributed by atoms with Crippen molar-refractivity contribution >= 4 is 24.2 Å². The molecule has 5 heteroatoms. The third-order valence-electron chi connectivity index (χ3n) is 2.10. The Hall–Kier alpha value is -1.88. The van der Waals surface area contributed by atoms with E-state index in [0.29, 0.717) is 10.6 Å². The Kier molecular flexibility index (Phi) is 3.39. The van der Waals surface area contributed by atoms with Crippen LogP contribution >= 0.6 is 12.6 Å². The molecule has 1 amide bonds. The van der Waals surface area contributed by atoms with Gasteiger partial charge in [-0.15, -0.1) is 12.6 Å². The Labute approximate surface area is 103 Å². The van der Waals surface area contributed by atoms with Gasteiger partial charge in [0.2, 0.25) is 0 Å². The van der Waals surface area contributed by atoms with Crippen LogP contribution in [0.3, 0.4) is 0 Å². The average Bonchev–Trinajstić information content (AvgIpc) is 2.32. The van der Waals surface area contributed by atoms with E-state index in [1.807, 2.05) is 0 Å². The molecule has 0 radical (unpaired) electrons. The molecule has 86 valence electrons. The molecule has 0 saturated carbocycles. The van der Waals surface area contributed by atoms with Crippen LogP contribution in [0.2, 0.25) is 0 Å². The van der Waals surface area contributed by atoms with Crippen molar-refractivity contribution in [3.63, 3.8) is 0 Å². The van der Waals surface area contributed by atoms with Crippen molar-refractivity contribution in [3.05, 3.63) is 54.1 Å². The maximum Gasteiger partial charge on any atom is 0.275 e. The normalized spacial score (nSPS) is 10.0. The average molecular weight is 248 g/mol. The van der Waals surface area contributed by atoms with Gasteiger partial charge in [0.05, 0.1) is 0 Å². The van der Waals surface area contributed by atoms with Crippen LogP contribution < -0.4 is 5.32 Å². The molecule has 1 aromatic carbocycles. The molecular formula is C12H9FN2OS. The molecular weight excluding hydrogens is 239 g/mol. The first kappa shape index (κ1) is 11.6. The number of anilines is 1. The number of rotatable bonds is 2. The van der Waals surface area contributed by atoms with Crippen molar-refractivity contribution in [2.24, 2.45) is 0 Å². The molecule has 0 bridgehead atoms. The smallest absolute Gasteiger partial charge is 0.275 e. The first-order valence-corrected chi connectivity index (χ1v) is 5.32. The van der Waals surface area contributed by atoms with Gasteiger partial charge in [-0.1, -0.05) is 0 Å². The number of carbonyl (C=O) groups is 1. The SMILES string of the molecule is O=C(Nc1ccc(F)cc1)c1ncccc1S. The fraction of sp³-hybridized carbons (Fsp3) is 0. The summed E-state index contributed by atoms with van der Waals surface area (Å²) >= 11 is 4.14. The van der Waals surface area contributed by atoms with Gasteiger partial charge in [0, 0.05) is 16.8 Å². The van der Waals surface area contributed by atoms with Crippen LogP contribution in [0.4, 0.5) is 10.1 Å². The second-order valence-corrected chi connectivity index (χ2v) is 3.81. The Morgan fingerprint density at radius 3 is 2.59 bits per heavy atom. The summed E-state index contributed by atoms with van der Waals surface area (Å²) in [5, 5.41) is 2.61. The van der Waals surface area contributed by atoms with Crippen molar-refractivity contribution in [3.8, 4) is 0 Å². The van der Waals surface area contributed by atoms with Gasteiger partial charge in [0.25, 0.3) is 5.91 Å². The molecule has 1 N–H and O–H groups in total. The van der Waals surface area contributed by atoms with Crippen molar-refractivity contribution in [1.82, 2.24) is 4.98 Å². The van der Waals surface area contributed by atoms with Gasteiger partial charge < -0.3 is 5.32 Å². The van der Waals surface area contributed by atoms with Crippen molar-refractivity contribution in [1.29, 1.82) is 0 Å². The molecule has 0 fully saturated rings. The molecule has 0 aliphatic rings. The van der Waals surface area contributed by atoms with Gasteiger partial charge in [-0.25, -0.2) is 9.37 Å². The Balaban J connectivity index is 2.17. The van der Waals surface area contributed by atoms with Crippen LogP contribution in [0.25, 0.3) is 0 Å². The number of aromatic nitrogens is 1. The van der Waals surface area contributed by atoms with Crippen LogP contribution in [0.15, 0.2) is 47.5 Å². The highest BCUT2D eigenvalue weighted by molar-refractivity contribution is 7.80. The fourth-order valence-corrected chi connectivity index (χ4v) is 1.54. The summed E-state index contributed by atoms with van der Waals surface area (Å²) in [5.74, 6) is -0.724. The van der Waals surface area contributed by atoms with Crippen molar-refractivity contribution < 1.29 is 9.18 Å². The van der Waals surface area contributed by atoms with Gasteiger partial charge in [0.15, 0.2) is 0 Å². The van der Waals surface area contributed by atoms with Gasteiger partial charge in [-0.2, -0.15) is 0 Å². The number of carbonyl (C=O) groups excluding carboxylic acids is 1. The number of hydrogen-bond acceptors (Lipinski definition) is 3. The predicted octanol–water partition coefficient (Wildman–Crippen LogP) is 2.76. The lowest BCUT2D eigenvalue weighted by Crippen LogP contribution is -2.14. The zero-order valence-electron chi connectivity index (χ0n) is 8.72. The Morgan fingerprint density at radius 1 is 1.24 bits per heavy atom. The molecule has 17 heavy (non-hydrogen) atoms. The van der Waals surface area contributed by atoms with Gasteiger partial charge >= 0.3 is 0 Å². The quantitative estimate of drug-likeness (QED) is 0.802. The maximum absolute atomic E-state index is 12.7. The zero-order chi connectivity index (χ0) is 12.3. The highest BCUT2D eigenvalue weighted by Crippen LogP contribution is 2.13. The second kappa shape index (κ2) is 4.97. The van der Waals surface area contributed by atoms with E-state index < -0.39 is 0 Å². The van der Waals surface area contributed by atoms with Crippen LogP contribution in [-0.4, -0.2) is 10.9 Å². The molecule has 0 spiro atoms. The topological polar surface area (TPSA) is 42.0 Å². The number of pyridine rings is 1. The molecule has 1 heterocycles. The number of benzene rings is 1. The molecule has 0 aliphatic heterocycles. The summed E-state index contributed by atoms with van der Waals surface area (Å²) in [5.41, 5.74) is 0.745. The number of hydrogen-bond donors (Lipinski definition) is 2. The van der Waals surface area contributed by atoms with Crippen molar-refractivity contribution in [2.45, 2.75) is 4.90 Å². The number of thiol groups is 1. The van der Waals surface area contributed by atoms with E-state index in [0.717, 1.165) is 0 Å². The summed E-state index contributed by atoms with van der Waals surface area (Å²) in [7, 11) is 0. The highest BCUT2D eigenvalue weighted by Gasteiger charge is 2.10. The summed E-state index contributed by atoms with van der Waals surface area (Å²) in [6.45, 7) is 0. The minimum absolute atomic E-state index is 0.236. The minimum atomic E-state index is -0.373. The van der Waals surface area contributed by atoms with Crippen molar-refractivity contribution in [2.75, 3.05) is 5.32 Å². The number of nitrogens with zero attached hydrogens (tertiary/aromatic N) is 1. The monoisotopic (exact) mass is 248 g/mol. The highest BCUT2D eigenvalue weighted by atomic mass is 32.1. The van der Waals surface area contributed by atoms with Gasteiger partial charge in [0.1, 0.15) is 11.5 Å². The van der Waals surface area contributed by atoms with E-state index in [1.54, 1.807) is 12.1 Å². The summed E-state index contributed by atoms with van der Waals surface area (Å²) in [6.07, 6.45) is 1.51. The number of nitrogens with one attached hydrogen (secondary N) is 1. The van der Waals surface area contributed by atoms with E-state index in [-0.39, 0.29) is 17.4 Å². The molecule has 1 aromatic heterocycles. The van der Waals surface area contributed by atoms with Gasteiger partial charge in [-0.3, -0.25) is 4.79 Å².